The standard InChI is InChI=1S/C32H32F4N6O5S/c1-20-37-19-42(39-20)27-8-3-21(26-17-38-46-28(26)27)15-22-16-30(11-9-25(45-2)10-12-30)18-41-29(22)40-47-31(41,23-4-6-24(33)7-5-23)13-14-48(43,44)32(34,35)36/h3-8,15,17,19,25H,9-14,16,18H2,1-2H3. The molecule has 254 valence electrons. The van der Waals surface area contributed by atoms with E-state index in [-0.39, 0.29) is 17.1 Å². The molecule has 0 bridgehead atoms. The van der Waals surface area contributed by atoms with E-state index in [1.54, 1.807) is 36.1 Å². The molecule has 2 aromatic carbocycles. The molecule has 2 aromatic heterocycles. The fourth-order valence-electron chi connectivity index (χ4n) is 7.14. The third-order valence-electron chi connectivity index (χ3n) is 9.72. The third-order valence-corrected chi connectivity index (χ3v) is 11.2. The summed E-state index contributed by atoms with van der Waals surface area (Å²) < 4.78 is 92.3. The van der Waals surface area contributed by atoms with Crippen molar-refractivity contribution >= 4 is 32.7 Å². The zero-order valence-electron chi connectivity index (χ0n) is 26.1. The molecule has 0 radical (unpaired) electrons. The van der Waals surface area contributed by atoms with Gasteiger partial charge in [-0.15, -0.1) is 0 Å². The topological polar surface area (TPSA) is 125 Å². The lowest BCUT2D eigenvalue weighted by Gasteiger charge is -2.50. The number of hydrogen-bond acceptors (Lipinski definition) is 10. The number of methoxy groups -OCH3 is 1. The number of aromatic nitrogens is 4. The molecule has 1 saturated carbocycles. The summed E-state index contributed by atoms with van der Waals surface area (Å²) in [6.07, 6.45) is 8.13. The minimum atomic E-state index is -5.52. The van der Waals surface area contributed by atoms with E-state index in [1.807, 2.05) is 18.2 Å². The Balaban J connectivity index is 1.34. The van der Waals surface area contributed by atoms with Crippen molar-refractivity contribution < 1.29 is 40.1 Å². The molecule has 11 nitrogen and oxygen atoms in total. The first-order valence-corrected chi connectivity index (χ1v) is 17.1. The van der Waals surface area contributed by atoms with Gasteiger partial charge in [0, 0.05) is 25.6 Å². The highest BCUT2D eigenvalue weighted by atomic mass is 32.2. The van der Waals surface area contributed by atoms with E-state index >= 15 is 0 Å². The molecular weight excluding hydrogens is 656 g/mol. The smallest absolute Gasteiger partial charge is 0.381 e. The van der Waals surface area contributed by atoms with E-state index in [9.17, 15) is 26.0 Å². The number of oxime groups is 1. The van der Waals surface area contributed by atoms with E-state index in [4.69, 9.17) is 14.1 Å². The second-order valence-electron chi connectivity index (χ2n) is 12.7. The van der Waals surface area contributed by atoms with Crippen molar-refractivity contribution in [3.8, 4) is 5.69 Å². The molecule has 1 aliphatic carbocycles. The van der Waals surface area contributed by atoms with Gasteiger partial charge in [-0.25, -0.2) is 22.5 Å². The average Bonchev–Trinajstić information content (AvgIpc) is 3.80. The van der Waals surface area contributed by atoms with Gasteiger partial charge in [0.25, 0.3) is 0 Å². The predicted octanol–water partition coefficient (Wildman–Crippen LogP) is 6.04. The predicted molar refractivity (Wildman–Crippen MR) is 166 cm³/mol. The van der Waals surface area contributed by atoms with Crippen LogP contribution in [0.1, 0.15) is 55.5 Å². The van der Waals surface area contributed by atoms with Gasteiger partial charge in [-0.3, -0.25) is 0 Å². The van der Waals surface area contributed by atoms with Gasteiger partial charge in [-0.05, 0) is 79.9 Å². The van der Waals surface area contributed by atoms with E-state index in [0.717, 1.165) is 49.0 Å². The number of hydrogen-bond donors (Lipinski definition) is 0. The summed E-state index contributed by atoms with van der Waals surface area (Å²) in [6.45, 7) is 2.10. The Morgan fingerprint density at radius 1 is 1.12 bits per heavy atom. The molecule has 1 saturated heterocycles. The molecular formula is C32H32F4N6O5S. The average molecular weight is 689 g/mol. The van der Waals surface area contributed by atoms with Crippen molar-refractivity contribution in [3.63, 3.8) is 0 Å². The van der Waals surface area contributed by atoms with Crippen LogP contribution in [0.2, 0.25) is 0 Å². The number of ether oxygens (including phenoxy) is 1. The number of sulfone groups is 1. The fraction of sp³-hybridized carbons (Fsp3) is 0.438. The van der Waals surface area contributed by atoms with E-state index in [2.05, 4.69) is 20.4 Å². The summed E-state index contributed by atoms with van der Waals surface area (Å²) in [5.41, 5.74) is -4.69. The second kappa shape index (κ2) is 11.7. The first kappa shape index (κ1) is 32.2. The summed E-state index contributed by atoms with van der Waals surface area (Å²) in [7, 11) is -3.85. The second-order valence-corrected chi connectivity index (χ2v) is 14.8. The number of aryl methyl sites for hydroxylation is 1. The minimum absolute atomic E-state index is 0.0660. The molecule has 3 aliphatic rings. The van der Waals surface area contributed by atoms with Crippen LogP contribution in [0.5, 0.6) is 0 Å². The van der Waals surface area contributed by atoms with Gasteiger partial charge in [0.1, 0.15) is 23.7 Å². The number of halogens is 4. The van der Waals surface area contributed by atoms with E-state index < -0.39 is 39.1 Å². The Labute approximate surface area is 273 Å². The van der Waals surface area contributed by atoms with Gasteiger partial charge in [-0.1, -0.05) is 28.5 Å². The van der Waals surface area contributed by atoms with Crippen LogP contribution in [0.3, 0.4) is 0 Å². The third kappa shape index (κ3) is 5.53. The minimum Gasteiger partial charge on any atom is -0.381 e. The van der Waals surface area contributed by atoms with Crippen molar-refractivity contribution in [1.82, 2.24) is 24.8 Å². The molecule has 4 heterocycles. The Morgan fingerprint density at radius 2 is 1.88 bits per heavy atom. The first-order chi connectivity index (χ1) is 22.8. The molecule has 48 heavy (non-hydrogen) atoms. The quantitative estimate of drug-likeness (QED) is 0.214. The molecule has 2 aliphatic heterocycles. The molecule has 16 heteroatoms. The lowest BCUT2D eigenvalue weighted by molar-refractivity contribution is -0.125. The van der Waals surface area contributed by atoms with Crippen molar-refractivity contribution in [1.29, 1.82) is 0 Å². The fourth-order valence-corrected chi connectivity index (χ4v) is 7.92. The molecule has 7 rings (SSSR count). The van der Waals surface area contributed by atoms with E-state index in [1.165, 1.54) is 12.1 Å². The highest BCUT2D eigenvalue weighted by Gasteiger charge is 2.57. The molecule has 1 unspecified atom stereocenters. The van der Waals surface area contributed by atoms with Crippen LogP contribution >= 0.6 is 0 Å². The van der Waals surface area contributed by atoms with Gasteiger partial charge >= 0.3 is 5.51 Å². The van der Waals surface area contributed by atoms with Gasteiger partial charge in [0.2, 0.25) is 15.6 Å². The Bertz CT molecular complexity index is 2020. The highest BCUT2D eigenvalue weighted by Crippen LogP contribution is 2.52. The zero-order chi connectivity index (χ0) is 33.9. The number of alkyl halides is 3. The van der Waals surface area contributed by atoms with Crippen LogP contribution in [0, 0.1) is 18.2 Å². The summed E-state index contributed by atoms with van der Waals surface area (Å²) in [5, 5.41) is 13.5. The molecule has 0 N–H and O–H groups in total. The Hall–Kier alpha value is -4.31. The largest absolute Gasteiger partial charge is 0.497 e. The maximum absolute atomic E-state index is 14.1. The Kier molecular flexibility index (Phi) is 7.85. The summed E-state index contributed by atoms with van der Waals surface area (Å²) in [6, 6.07) is 8.82. The van der Waals surface area contributed by atoms with Gasteiger partial charge in [-0.2, -0.15) is 18.3 Å². The molecule has 0 amide bonds. The SMILES string of the molecule is COC1CCC2(CC1)CC(=Cc1ccc(-n3cnc(C)n3)c3oncc13)C1=NOC(CCS(=O)(=O)C(F)(F)F)(c3ccc(F)cc3)N1C2. The maximum Gasteiger partial charge on any atom is 0.497 e. The van der Waals surface area contributed by atoms with Crippen LogP contribution < -0.4 is 0 Å². The van der Waals surface area contributed by atoms with Crippen LogP contribution in [0.4, 0.5) is 17.6 Å². The van der Waals surface area contributed by atoms with Gasteiger partial charge in [0.15, 0.2) is 11.4 Å². The molecule has 1 atom stereocenters. The zero-order valence-corrected chi connectivity index (χ0v) is 26.9. The number of amidine groups is 1. The molecule has 2 fully saturated rings. The monoisotopic (exact) mass is 688 g/mol. The normalized spacial score (nSPS) is 25.5. The first-order valence-electron chi connectivity index (χ1n) is 15.4. The van der Waals surface area contributed by atoms with Crippen molar-refractivity contribution in [2.45, 2.75) is 62.8 Å². The lowest BCUT2D eigenvalue weighted by Crippen LogP contribution is -2.56. The van der Waals surface area contributed by atoms with E-state index in [0.29, 0.717) is 41.3 Å². The lowest BCUT2D eigenvalue weighted by atomic mass is 9.66. The van der Waals surface area contributed by atoms with Gasteiger partial charge in [0.05, 0.1) is 23.4 Å². The number of piperidine rings is 1. The highest BCUT2D eigenvalue weighted by molar-refractivity contribution is 7.92. The Morgan fingerprint density at radius 3 is 2.54 bits per heavy atom. The van der Waals surface area contributed by atoms with Crippen LogP contribution in [0.25, 0.3) is 22.7 Å². The van der Waals surface area contributed by atoms with Crippen molar-refractivity contribution in [3.05, 3.63) is 77.3 Å². The summed E-state index contributed by atoms with van der Waals surface area (Å²) in [4.78, 5) is 12.0. The molecule has 4 aromatic rings. The molecule has 1 spiro atoms. The van der Waals surface area contributed by atoms with Gasteiger partial charge < -0.3 is 19.0 Å². The number of fused-ring (bicyclic) bond motifs is 2. The number of rotatable bonds is 7. The van der Waals surface area contributed by atoms with Crippen LogP contribution in [-0.4, -0.2) is 70.1 Å². The summed E-state index contributed by atoms with van der Waals surface area (Å²) in [5.74, 6) is -0.873. The maximum atomic E-state index is 14.1. The summed E-state index contributed by atoms with van der Waals surface area (Å²) >= 11 is 0. The van der Waals surface area contributed by atoms with Crippen LogP contribution in [0.15, 0.2) is 64.2 Å². The number of benzene rings is 2. The van der Waals surface area contributed by atoms with Crippen LogP contribution in [-0.2, 0) is 25.1 Å². The van der Waals surface area contributed by atoms with Crippen molar-refractivity contribution in [2.75, 3.05) is 19.4 Å². The number of nitrogens with zero attached hydrogens (tertiary/aromatic N) is 6. The van der Waals surface area contributed by atoms with Crippen molar-refractivity contribution in [2.24, 2.45) is 10.6 Å².